The molecule has 88 valence electrons. The van der Waals surface area contributed by atoms with Crippen molar-refractivity contribution in [2.24, 2.45) is 0 Å². The summed E-state index contributed by atoms with van der Waals surface area (Å²) < 4.78 is 2.52. The maximum atomic E-state index is 2.52. The lowest BCUT2D eigenvalue weighted by molar-refractivity contribution is 0.537. The van der Waals surface area contributed by atoms with E-state index in [0.717, 1.165) is 0 Å². The molecule has 0 unspecified atom stereocenters. The number of fused-ring (bicyclic) bond motifs is 1. The summed E-state index contributed by atoms with van der Waals surface area (Å²) in [4.78, 5) is 1.42. The summed E-state index contributed by atoms with van der Waals surface area (Å²) in [5.41, 5.74) is 4.29. The summed E-state index contributed by atoms with van der Waals surface area (Å²) in [6.45, 7) is 1.18. The second kappa shape index (κ2) is 4.61. The molecule has 1 nitrogen and oxygen atoms in total. The van der Waals surface area contributed by atoms with Crippen LogP contribution in [-0.2, 0) is 13.0 Å². The molecular formula is C15H17NS. The highest BCUT2D eigenvalue weighted by atomic mass is 32.2. The van der Waals surface area contributed by atoms with Crippen LogP contribution in [0.25, 0.3) is 11.3 Å². The largest absolute Gasteiger partial charge is 0.344 e. The summed E-state index contributed by atoms with van der Waals surface area (Å²) in [5, 5.41) is 0. The Morgan fingerprint density at radius 3 is 2.71 bits per heavy atom. The molecule has 1 aliphatic heterocycles. The number of nitrogens with zero attached hydrogens (tertiary/aromatic N) is 1. The minimum absolute atomic E-state index is 1.18. The maximum Gasteiger partial charge on any atom is 0.0620 e. The van der Waals surface area contributed by atoms with Crippen LogP contribution in [0.5, 0.6) is 0 Å². The van der Waals surface area contributed by atoms with E-state index in [2.05, 4.69) is 47.2 Å². The minimum Gasteiger partial charge on any atom is -0.344 e. The second-order valence-electron chi connectivity index (χ2n) is 4.53. The van der Waals surface area contributed by atoms with Crippen LogP contribution in [0.2, 0.25) is 0 Å². The van der Waals surface area contributed by atoms with Gasteiger partial charge in [-0.2, -0.15) is 0 Å². The molecule has 0 saturated carbocycles. The number of rotatable bonds is 2. The standard InChI is InChI=1S/C15H17NS/c1-17-14-11-13-9-5-6-10-16(13)15(14)12-7-3-2-4-8-12/h2-4,7-8,11H,5-6,9-10H2,1H3. The van der Waals surface area contributed by atoms with E-state index < -0.39 is 0 Å². The highest BCUT2D eigenvalue weighted by Crippen LogP contribution is 2.35. The van der Waals surface area contributed by atoms with E-state index in [9.17, 15) is 0 Å². The monoisotopic (exact) mass is 243 g/mol. The van der Waals surface area contributed by atoms with Crippen LogP contribution < -0.4 is 0 Å². The fourth-order valence-corrected chi connectivity index (χ4v) is 3.34. The molecule has 0 radical (unpaired) electrons. The van der Waals surface area contributed by atoms with Crippen molar-refractivity contribution in [1.82, 2.24) is 4.57 Å². The first-order chi connectivity index (χ1) is 8.40. The van der Waals surface area contributed by atoms with Crippen molar-refractivity contribution >= 4 is 11.8 Å². The van der Waals surface area contributed by atoms with Gasteiger partial charge < -0.3 is 4.57 Å². The summed E-state index contributed by atoms with van der Waals surface area (Å²) >= 11 is 1.86. The zero-order valence-electron chi connectivity index (χ0n) is 10.1. The van der Waals surface area contributed by atoms with Crippen molar-refractivity contribution in [2.45, 2.75) is 30.7 Å². The highest BCUT2D eigenvalue weighted by Gasteiger charge is 2.18. The molecule has 0 amide bonds. The smallest absolute Gasteiger partial charge is 0.0620 e. The van der Waals surface area contributed by atoms with Crippen LogP contribution in [0.4, 0.5) is 0 Å². The molecule has 1 aliphatic rings. The van der Waals surface area contributed by atoms with E-state index in [0.29, 0.717) is 0 Å². The van der Waals surface area contributed by atoms with E-state index in [1.54, 1.807) is 0 Å². The van der Waals surface area contributed by atoms with Gasteiger partial charge in [0.05, 0.1) is 5.69 Å². The average molecular weight is 243 g/mol. The van der Waals surface area contributed by atoms with Gasteiger partial charge in [-0.05, 0) is 37.1 Å². The molecule has 0 bridgehead atoms. The van der Waals surface area contributed by atoms with Gasteiger partial charge in [0.15, 0.2) is 0 Å². The van der Waals surface area contributed by atoms with Crippen molar-refractivity contribution < 1.29 is 0 Å². The average Bonchev–Trinajstić information content (AvgIpc) is 2.78. The van der Waals surface area contributed by atoms with Crippen molar-refractivity contribution in [3.8, 4) is 11.3 Å². The lowest BCUT2D eigenvalue weighted by atomic mass is 10.1. The Hall–Kier alpha value is -1.15. The fourth-order valence-electron chi connectivity index (χ4n) is 2.66. The number of benzene rings is 1. The van der Waals surface area contributed by atoms with Crippen LogP contribution in [0.15, 0.2) is 41.3 Å². The van der Waals surface area contributed by atoms with Crippen LogP contribution in [0.3, 0.4) is 0 Å². The van der Waals surface area contributed by atoms with Crippen molar-refractivity contribution in [3.05, 3.63) is 42.1 Å². The zero-order chi connectivity index (χ0) is 11.7. The Bertz CT molecular complexity index is 513. The molecule has 2 heterocycles. The Balaban J connectivity index is 2.17. The lowest BCUT2D eigenvalue weighted by Gasteiger charge is -2.18. The molecule has 0 fully saturated rings. The molecular weight excluding hydrogens is 226 g/mol. The SMILES string of the molecule is CSc1cc2n(c1-c1ccccc1)CCCC2. The van der Waals surface area contributed by atoms with Gasteiger partial charge >= 0.3 is 0 Å². The predicted molar refractivity (Wildman–Crippen MR) is 74.6 cm³/mol. The van der Waals surface area contributed by atoms with Gasteiger partial charge in [-0.1, -0.05) is 30.3 Å². The first-order valence-electron chi connectivity index (χ1n) is 6.22. The van der Waals surface area contributed by atoms with E-state index in [-0.39, 0.29) is 0 Å². The first-order valence-corrected chi connectivity index (χ1v) is 7.44. The van der Waals surface area contributed by atoms with Gasteiger partial charge in [0.1, 0.15) is 0 Å². The molecule has 0 spiro atoms. The van der Waals surface area contributed by atoms with E-state index in [1.165, 1.54) is 47.7 Å². The summed E-state index contributed by atoms with van der Waals surface area (Å²) in [5.74, 6) is 0. The maximum absolute atomic E-state index is 2.52. The van der Waals surface area contributed by atoms with Gasteiger partial charge in [0.25, 0.3) is 0 Å². The third kappa shape index (κ3) is 1.91. The minimum atomic E-state index is 1.18. The Kier molecular flexibility index (Phi) is 2.98. The van der Waals surface area contributed by atoms with Gasteiger partial charge in [-0.15, -0.1) is 11.8 Å². The van der Waals surface area contributed by atoms with Gasteiger partial charge in [0.2, 0.25) is 0 Å². The van der Waals surface area contributed by atoms with Crippen LogP contribution in [-0.4, -0.2) is 10.8 Å². The quantitative estimate of drug-likeness (QED) is 0.715. The Morgan fingerprint density at radius 2 is 1.94 bits per heavy atom. The Labute approximate surface area is 107 Å². The van der Waals surface area contributed by atoms with Crippen molar-refractivity contribution in [1.29, 1.82) is 0 Å². The molecule has 0 N–H and O–H groups in total. The summed E-state index contributed by atoms with van der Waals surface area (Å²) in [6, 6.07) is 13.2. The first kappa shape index (κ1) is 11.0. The molecule has 1 aromatic heterocycles. The van der Waals surface area contributed by atoms with Gasteiger partial charge in [-0.25, -0.2) is 0 Å². The third-order valence-corrected chi connectivity index (χ3v) is 4.23. The molecule has 3 rings (SSSR count). The molecule has 0 aliphatic carbocycles. The summed E-state index contributed by atoms with van der Waals surface area (Å²) in [7, 11) is 0. The lowest BCUT2D eigenvalue weighted by Crippen LogP contribution is -2.10. The molecule has 17 heavy (non-hydrogen) atoms. The number of aromatic nitrogens is 1. The molecule has 1 aromatic carbocycles. The van der Waals surface area contributed by atoms with Gasteiger partial charge in [-0.3, -0.25) is 0 Å². The molecule has 2 aromatic rings. The topological polar surface area (TPSA) is 4.93 Å². The highest BCUT2D eigenvalue weighted by molar-refractivity contribution is 7.98. The zero-order valence-corrected chi connectivity index (χ0v) is 11.0. The van der Waals surface area contributed by atoms with E-state index in [4.69, 9.17) is 0 Å². The third-order valence-electron chi connectivity index (χ3n) is 3.48. The van der Waals surface area contributed by atoms with Crippen molar-refractivity contribution in [3.63, 3.8) is 0 Å². The van der Waals surface area contributed by atoms with Crippen LogP contribution in [0, 0.1) is 0 Å². The molecule has 0 saturated heterocycles. The second-order valence-corrected chi connectivity index (χ2v) is 5.38. The number of hydrogen-bond acceptors (Lipinski definition) is 1. The van der Waals surface area contributed by atoms with Crippen LogP contribution in [0.1, 0.15) is 18.5 Å². The normalized spacial score (nSPS) is 14.6. The van der Waals surface area contributed by atoms with Gasteiger partial charge in [0, 0.05) is 17.1 Å². The number of thioether (sulfide) groups is 1. The summed E-state index contributed by atoms with van der Waals surface area (Å²) in [6.07, 6.45) is 6.07. The van der Waals surface area contributed by atoms with Crippen molar-refractivity contribution in [2.75, 3.05) is 6.26 Å². The number of aryl methyl sites for hydroxylation is 1. The molecule has 2 heteroatoms. The predicted octanol–water partition coefficient (Wildman–Crippen LogP) is 4.21. The molecule has 0 atom stereocenters. The fraction of sp³-hybridized carbons (Fsp3) is 0.333. The van der Waals surface area contributed by atoms with Crippen LogP contribution >= 0.6 is 11.8 Å². The van der Waals surface area contributed by atoms with E-state index in [1.807, 2.05) is 11.8 Å². The Morgan fingerprint density at radius 1 is 1.12 bits per heavy atom. The van der Waals surface area contributed by atoms with E-state index >= 15 is 0 Å². The number of hydrogen-bond donors (Lipinski definition) is 0.